The molecule has 13 nitrogen and oxygen atoms in total. The second-order valence-corrected chi connectivity index (χ2v) is 11.6. The molecule has 3 radical (unpaired) electrons. The van der Waals surface area contributed by atoms with Crippen LogP contribution in [0.5, 0.6) is 0 Å². The third kappa shape index (κ3) is 12.0. The van der Waals surface area contributed by atoms with Crippen LogP contribution >= 0.6 is 0 Å². The normalized spacial score (nSPS) is 13.4. The standard InChI is InChI=1S/C19H24BN3O5.C9H8O2.C9H6O2.CH4O.B.Na.H/c1-2-18(24)23-9-5-6-14(23)11-21-19(25)22-17(20(26)27)10-13-12-28-16-8-4-3-7-15(13)16;2*10-5-7-6-11-9-4-2-1-3-8(7)9;1-2;;;/h2-4,7-8,12,14,17,26-27H,1,5-6,9-11H2,(H2,21,22,25);1-4,6,10H,5H2;1-6H;2H,1H3;;;/q;;;;;+1;-1/t14-,17+;;;;;;/m1....../s1. The van der Waals surface area contributed by atoms with E-state index in [1.807, 2.05) is 72.8 Å². The summed E-state index contributed by atoms with van der Waals surface area (Å²) in [4.78, 5) is 36.2. The minimum Gasteiger partial charge on any atom is -1.00 e. The van der Waals surface area contributed by atoms with Gasteiger partial charge < -0.3 is 50.5 Å². The van der Waals surface area contributed by atoms with Gasteiger partial charge in [0.1, 0.15) is 23.0 Å². The molecule has 3 aromatic heterocycles. The van der Waals surface area contributed by atoms with Gasteiger partial charge in [0.15, 0.2) is 6.29 Å². The zero-order valence-corrected chi connectivity index (χ0v) is 32.3. The number of hydrogen-bond acceptors (Lipinski definition) is 10. The van der Waals surface area contributed by atoms with Crippen LogP contribution in [0.2, 0.25) is 0 Å². The smallest absolute Gasteiger partial charge is 1.00 e. The van der Waals surface area contributed by atoms with Crippen LogP contribution in [0.4, 0.5) is 4.79 Å². The SMILES string of the molecule is C=CC(=O)N1CCC[C@@H]1CNC(=O)N[C@@H](Cc1coc2ccccc12)B(O)O.CO.O=Cc1coc2ccccc12.OCc1coc2ccccc12.[B].[H-].[Na+]. The van der Waals surface area contributed by atoms with Gasteiger partial charge in [-0.2, -0.15) is 0 Å². The summed E-state index contributed by atoms with van der Waals surface area (Å²) >= 11 is 0. The first-order valence-electron chi connectivity index (χ1n) is 16.5. The molecule has 7 rings (SSSR count). The molecule has 6 aromatic rings. The molecule has 3 aromatic carbocycles. The number of likely N-dealkylation sites (tertiary alicyclic amines) is 1. The number of hydrogen-bond donors (Lipinski definition) is 6. The number of aliphatic hydroxyl groups excluding tert-OH is 2. The van der Waals surface area contributed by atoms with Crippen molar-refractivity contribution in [2.45, 2.75) is 37.9 Å². The molecule has 6 N–H and O–H groups in total. The Morgan fingerprint density at radius 2 is 1.43 bits per heavy atom. The number of aliphatic hydroxyl groups is 2. The van der Waals surface area contributed by atoms with Gasteiger partial charge >= 0.3 is 42.7 Å². The number of nitrogens with zero attached hydrogens (tertiary/aromatic N) is 1. The molecule has 16 heteroatoms. The van der Waals surface area contributed by atoms with Gasteiger partial charge in [-0.15, -0.1) is 0 Å². The number of urea groups is 1. The van der Waals surface area contributed by atoms with Crippen molar-refractivity contribution < 1.29 is 78.9 Å². The first-order valence-corrected chi connectivity index (χ1v) is 16.5. The minimum absolute atomic E-state index is 0. The monoisotopic (exact) mass is 746 g/mol. The third-order valence-corrected chi connectivity index (χ3v) is 8.38. The number of furan rings is 3. The van der Waals surface area contributed by atoms with Crippen LogP contribution in [0.3, 0.4) is 0 Å². The molecular formula is C38H43B2N3NaO10. The van der Waals surface area contributed by atoms with Crippen molar-refractivity contribution in [1.82, 2.24) is 15.5 Å². The second kappa shape index (κ2) is 23.2. The average Bonchev–Trinajstić information content (AvgIpc) is 4.00. The Morgan fingerprint density at radius 3 is 1.98 bits per heavy atom. The van der Waals surface area contributed by atoms with Crippen molar-refractivity contribution in [1.29, 1.82) is 0 Å². The minimum atomic E-state index is -1.73. The first kappa shape index (κ1) is 45.6. The van der Waals surface area contributed by atoms with Gasteiger partial charge in [0.05, 0.1) is 30.6 Å². The van der Waals surface area contributed by atoms with E-state index in [1.165, 1.54) is 12.3 Å². The molecule has 3 amide bonds. The maximum absolute atomic E-state index is 12.3. The number of carbonyl (C=O) groups is 3. The molecule has 1 aliphatic heterocycles. The Bertz CT molecular complexity index is 2070. The van der Waals surface area contributed by atoms with E-state index < -0.39 is 19.1 Å². The summed E-state index contributed by atoms with van der Waals surface area (Å²) in [6.07, 6.45) is 8.55. The Morgan fingerprint density at radius 1 is 0.907 bits per heavy atom. The molecule has 2 atom stereocenters. The second-order valence-electron chi connectivity index (χ2n) is 11.6. The Kier molecular flexibility index (Phi) is 19.6. The average molecular weight is 746 g/mol. The Labute approximate surface area is 338 Å². The summed E-state index contributed by atoms with van der Waals surface area (Å²) in [6, 6.07) is 21.9. The van der Waals surface area contributed by atoms with Gasteiger partial charge in [-0.1, -0.05) is 61.2 Å². The molecule has 1 fully saturated rings. The predicted octanol–water partition coefficient (Wildman–Crippen LogP) is 1.35. The molecule has 0 aliphatic carbocycles. The Balaban J connectivity index is 0.000000461. The maximum Gasteiger partial charge on any atom is 1.00 e. The molecule has 0 unspecified atom stereocenters. The maximum atomic E-state index is 12.3. The third-order valence-electron chi connectivity index (χ3n) is 8.38. The summed E-state index contributed by atoms with van der Waals surface area (Å²) < 4.78 is 15.7. The summed E-state index contributed by atoms with van der Waals surface area (Å²) in [7, 11) is -0.732. The van der Waals surface area contributed by atoms with Gasteiger partial charge in [-0.05, 0) is 49.1 Å². The van der Waals surface area contributed by atoms with Crippen molar-refractivity contribution in [2.24, 2.45) is 0 Å². The quantitative estimate of drug-likeness (QED) is 0.0714. The predicted molar refractivity (Wildman–Crippen MR) is 204 cm³/mol. The van der Waals surface area contributed by atoms with Crippen LogP contribution in [0.15, 0.2) is 117 Å². The van der Waals surface area contributed by atoms with Crippen molar-refractivity contribution >= 4 is 66.7 Å². The van der Waals surface area contributed by atoms with E-state index in [-0.39, 0.29) is 70.9 Å². The molecule has 277 valence electrons. The number of rotatable bonds is 9. The molecule has 0 spiro atoms. The molecule has 0 saturated carbocycles. The summed E-state index contributed by atoms with van der Waals surface area (Å²) in [6.45, 7) is 4.46. The van der Waals surface area contributed by atoms with Crippen LogP contribution in [0, 0.1) is 0 Å². The topological polar surface area (TPSA) is 199 Å². The van der Waals surface area contributed by atoms with Crippen molar-refractivity contribution in [2.75, 3.05) is 20.2 Å². The van der Waals surface area contributed by atoms with Crippen molar-refractivity contribution in [3.63, 3.8) is 0 Å². The number of para-hydroxylation sites is 3. The van der Waals surface area contributed by atoms with Gasteiger partial charge in [0.2, 0.25) is 5.91 Å². The van der Waals surface area contributed by atoms with Crippen LogP contribution in [0.1, 0.15) is 35.8 Å². The van der Waals surface area contributed by atoms with Crippen LogP contribution < -0.4 is 40.2 Å². The fourth-order valence-corrected chi connectivity index (χ4v) is 5.79. The molecule has 4 heterocycles. The van der Waals surface area contributed by atoms with E-state index >= 15 is 0 Å². The largest absolute Gasteiger partial charge is 1.00 e. The van der Waals surface area contributed by atoms with Gasteiger partial charge in [0, 0.05) is 56.4 Å². The van der Waals surface area contributed by atoms with E-state index in [2.05, 4.69) is 17.2 Å². The number of nitrogens with one attached hydrogen (secondary N) is 2. The van der Waals surface area contributed by atoms with E-state index in [9.17, 15) is 24.4 Å². The fraction of sp³-hybridized carbons (Fsp3) is 0.237. The molecule has 54 heavy (non-hydrogen) atoms. The first-order chi connectivity index (χ1) is 25.3. The Hall–Kier alpha value is -4.60. The molecular weight excluding hydrogens is 703 g/mol. The summed E-state index contributed by atoms with van der Waals surface area (Å²) in [5, 5.41) is 43.2. The van der Waals surface area contributed by atoms with Crippen LogP contribution in [0.25, 0.3) is 32.9 Å². The van der Waals surface area contributed by atoms with Gasteiger partial charge in [-0.25, -0.2) is 4.79 Å². The summed E-state index contributed by atoms with van der Waals surface area (Å²) in [5.41, 5.74) is 4.52. The van der Waals surface area contributed by atoms with Gasteiger partial charge in [-0.3, -0.25) is 9.59 Å². The number of carbonyl (C=O) groups excluding carboxylic acids is 3. The summed E-state index contributed by atoms with van der Waals surface area (Å²) in [5.74, 6) is -1.06. The van der Waals surface area contributed by atoms with Gasteiger partial charge in [0.25, 0.3) is 0 Å². The van der Waals surface area contributed by atoms with Crippen LogP contribution in [-0.4, -0.2) is 91.1 Å². The zero-order chi connectivity index (χ0) is 37.5. The molecule has 0 bridgehead atoms. The molecule has 1 aliphatic rings. The van der Waals surface area contributed by atoms with Crippen molar-refractivity contribution in [3.05, 3.63) is 121 Å². The van der Waals surface area contributed by atoms with E-state index in [0.29, 0.717) is 17.7 Å². The van der Waals surface area contributed by atoms with E-state index in [0.717, 1.165) is 64.7 Å². The van der Waals surface area contributed by atoms with E-state index in [1.54, 1.807) is 17.4 Å². The van der Waals surface area contributed by atoms with E-state index in [4.69, 9.17) is 23.5 Å². The molecule has 1 saturated heterocycles. The number of fused-ring (bicyclic) bond motifs is 3. The zero-order valence-electron chi connectivity index (χ0n) is 31.3. The fourth-order valence-electron chi connectivity index (χ4n) is 5.79. The van der Waals surface area contributed by atoms with Crippen LogP contribution in [-0.2, 0) is 17.8 Å². The van der Waals surface area contributed by atoms with Crippen molar-refractivity contribution in [3.8, 4) is 0 Å². The number of amides is 3. The number of aldehydes is 1. The number of benzene rings is 3.